The van der Waals surface area contributed by atoms with Crippen LogP contribution in [-0.4, -0.2) is 22.8 Å². The first-order chi connectivity index (χ1) is 18.7. The maximum atomic E-state index is 12.8. The highest BCUT2D eigenvalue weighted by Gasteiger charge is 2.61. The summed E-state index contributed by atoms with van der Waals surface area (Å²) in [6.45, 7) is 9.98. The van der Waals surface area contributed by atoms with Crippen LogP contribution in [0.25, 0.3) is 0 Å². The number of fused-ring (bicyclic) bond motifs is 5. The average Bonchev–Trinajstić information content (AvgIpc) is 3.72. The quantitative estimate of drug-likeness (QED) is 0.339. The molecule has 0 saturated heterocycles. The Morgan fingerprint density at radius 2 is 1.67 bits per heavy atom. The minimum Gasteiger partial charge on any atom is -0.458 e. The van der Waals surface area contributed by atoms with Gasteiger partial charge in [0.05, 0.1) is 11.2 Å². The van der Waals surface area contributed by atoms with E-state index in [4.69, 9.17) is 4.74 Å². The van der Waals surface area contributed by atoms with Crippen LogP contribution < -0.4 is 0 Å². The van der Waals surface area contributed by atoms with Gasteiger partial charge in [0.15, 0.2) is 0 Å². The van der Waals surface area contributed by atoms with Gasteiger partial charge < -0.3 is 9.84 Å². The van der Waals surface area contributed by atoms with Gasteiger partial charge in [-0.3, -0.25) is 0 Å². The second-order valence-corrected chi connectivity index (χ2v) is 15.4. The predicted octanol–water partition coefficient (Wildman–Crippen LogP) is 8.84. The summed E-state index contributed by atoms with van der Waals surface area (Å²) in [7, 11) is 0. The molecule has 6 rings (SSSR count). The van der Waals surface area contributed by atoms with Crippen LogP contribution in [-0.2, 0) is 4.74 Å². The van der Waals surface area contributed by atoms with Gasteiger partial charge in [0.1, 0.15) is 6.10 Å². The van der Waals surface area contributed by atoms with Crippen molar-refractivity contribution in [1.29, 1.82) is 0 Å². The zero-order valence-corrected chi connectivity index (χ0v) is 25.2. The summed E-state index contributed by atoms with van der Waals surface area (Å²) < 4.78 is 6.10. The molecule has 5 fully saturated rings. The maximum absolute atomic E-state index is 12.8. The molecule has 1 aromatic carbocycles. The van der Waals surface area contributed by atoms with Crippen LogP contribution >= 0.6 is 0 Å². The van der Waals surface area contributed by atoms with Gasteiger partial charge in [0.25, 0.3) is 0 Å². The Morgan fingerprint density at radius 3 is 2.38 bits per heavy atom. The molecule has 0 aromatic heterocycles. The molecule has 0 heterocycles. The molecule has 10 atom stereocenters. The van der Waals surface area contributed by atoms with Crippen LogP contribution in [0.1, 0.15) is 128 Å². The Labute approximate surface area is 237 Å². The third-order valence-corrected chi connectivity index (χ3v) is 13.6. The molecule has 216 valence electrons. The first-order valence-electron chi connectivity index (χ1n) is 16.7. The zero-order chi connectivity index (χ0) is 27.4. The molecule has 3 nitrogen and oxygen atoms in total. The van der Waals surface area contributed by atoms with Gasteiger partial charge in [-0.1, -0.05) is 45.9 Å². The van der Waals surface area contributed by atoms with Gasteiger partial charge in [-0.2, -0.15) is 0 Å². The average molecular weight is 535 g/mol. The van der Waals surface area contributed by atoms with Crippen LogP contribution in [0.5, 0.6) is 0 Å². The Balaban J connectivity index is 1.09. The Bertz CT molecular complexity index is 1020. The lowest BCUT2D eigenvalue weighted by molar-refractivity contribution is -0.152. The van der Waals surface area contributed by atoms with Crippen LogP contribution in [0.4, 0.5) is 0 Å². The number of hydrogen-bond acceptors (Lipinski definition) is 3. The second-order valence-electron chi connectivity index (χ2n) is 15.4. The molecule has 5 aliphatic carbocycles. The fourth-order valence-corrected chi connectivity index (χ4v) is 10.9. The van der Waals surface area contributed by atoms with Crippen molar-refractivity contribution in [3.63, 3.8) is 0 Å². The molecular formula is C36H54O3. The highest BCUT2D eigenvalue weighted by Crippen LogP contribution is 2.69. The van der Waals surface area contributed by atoms with E-state index in [0.29, 0.717) is 28.2 Å². The van der Waals surface area contributed by atoms with Crippen molar-refractivity contribution in [1.82, 2.24) is 0 Å². The van der Waals surface area contributed by atoms with E-state index < -0.39 is 5.60 Å². The highest BCUT2D eigenvalue weighted by atomic mass is 16.5. The second kappa shape index (κ2) is 10.5. The van der Waals surface area contributed by atoms with E-state index >= 15 is 0 Å². The molecule has 5 aliphatic rings. The topological polar surface area (TPSA) is 46.5 Å². The first-order valence-corrected chi connectivity index (χ1v) is 16.7. The lowest BCUT2D eigenvalue weighted by Crippen LogP contribution is -2.56. The number of esters is 1. The molecule has 39 heavy (non-hydrogen) atoms. The molecule has 1 unspecified atom stereocenters. The minimum absolute atomic E-state index is 0.0872. The standard InChI is InChI=1S/C36H54O3/c1-5-36(38)22-21-34(3)27(23-36)14-15-28-30-17-16-29(35(30,4)20-19-31(28)34)24(2)11-18-32(25-12-13-25)39-33(37)26-9-7-6-8-10-26/h6-10,24-25,27-32,38H,5,11-23H2,1-4H3/t24-,27+,28?,29-,30+,31+,32-,34+,35-,36+/m1/s1. The van der Waals surface area contributed by atoms with E-state index in [1.54, 1.807) is 0 Å². The molecule has 0 amide bonds. The summed E-state index contributed by atoms with van der Waals surface area (Å²) in [5.74, 6) is 5.27. The van der Waals surface area contributed by atoms with Crippen molar-refractivity contribution >= 4 is 5.97 Å². The van der Waals surface area contributed by atoms with E-state index in [-0.39, 0.29) is 12.1 Å². The van der Waals surface area contributed by atoms with Crippen LogP contribution in [0.15, 0.2) is 30.3 Å². The molecular weight excluding hydrogens is 480 g/mol. The third kappa shape index (κ3) is 5.02. The van der Waals surface area contributed by atoms with Crippen LogP contribution in [0.3, 0.4) is 0 Å². The summed E-state index contributed by atoms with van der Waals surface area (Å²) in [6, 6.07) is 9.53. The smallest absolute Gasteiger partial charge is 0.338 e. The fraction of sp³-hybridized carbons (Fsp3) is 0.806. The lowest BCUT2D eigenvalue weighted by Gasteiger charge is -2.62. The third-order valence-electron chi connectivity index (χ3n) is 13.6. The molecule has 0 spiro atoms. The number of carbonyl (C=O) groups is 1. The van der Waals surface area contributed by atoms with Gasteiger partial charge in [-0.05, 0) is 154 Å². The molecule has 1 aromatic rings. The summed E-state index contributed by atoms with van der Waals surface area (Å²) in [6.07, 6.45) is 17.2. The van der Waals surface area contributed by atoms with E-state index in [1.165, 1.54) is 64.2 Å². The Kier molecular flexibility index (Phi) is 7.47. The van der Waals surface area contributed by atoms with E-state index in [9.17, 15) is 9.90 Å². The molecule has 0 radical (unpaired) electrons. The van der Waals surface area contributed by atoms with Gasteiger partial charge in [-0.15, -0.1) is 0 Å². The minimum atomic E-state index is -0.401. The van der Waals surface area contributed by atoms with Gasteiger partial charge in [0.2, 0.25) is 0 Å². The van der Waals surface area contributed by atoms with E-state index in [2.05, 4.69) is 27.7 Å². The number of hydrogen-bond donors (Lipinski definition) is 1. The number of ether oxygens (including phenoxy) is 1. The van der Waals surface area contributed by atoms with Gasteiger partial charge >= 0.3 is 5.97 Å². The normalized spacial score (nSPS) is 43.1. The Morgan fingerprint density at radius 1 is 0.923 bits per heavy atom. The SMILES string of the molecule is CC[C@]1(O)CC[C@@]2(C)[C@@H](CCC3[C@@H]2CC[C@]2(C)[C@@H]([C@H](C)CC[C@@H](OC(=O)c4ccccc4)C4CC4)CC[C@@H]32)C1. The number of rotatable bonds is 8. The summed E-state index contributed by atoms with van der Waals surface area (Å²) in [5.41, 5.74) is 1.19. The zero-order valence-electron chi connectivity index (χ0n) is 25.2. The van der Waals surface area contributed by atoms with Crippen molar-refractivity contribution in [3.8, 4) is 0 Å². The summed E-state index contributed by atoms with van der Waals surface area (Å²) in [5, 5.41) is 11.1. The summed E-state index contributed by atoms with van der Waals surface area (Å²) in [4.78, 5) is 12.8. The van der Waals surface area contributed by atoms with Crippen molar-refractivity contribution in [2.75, 3.05) is 0 Å². The molecule has 0 aliphatic heterocycles. The summed E-state index contributed by atoms with van der Waals surface area (Å²) >= 11 is 0. The fourth-order valence-electron chi connectivity index (χ4n) is 10.9. The van der Waals surface area contributed by atoms with Crippen molar-refractivity contribution < 1.29 is 14.6 Å². The molecule has 3 heteroatoms. The number of benzene rings is 1. The van der Waals surface area contributed by atoms with E-state index in [0.717, 1.165) is 55.3 Å². The van der Waals surface area contributed by atoms with Crippen LogP contribution in [0, 0.1) is 52.3 Å². The first kappa shape index (κ1) is 27.8. The van der Waals surface area contributed by atoms with Crippen molar-refractivity contribution in [3.05, 3.63) is 35.9 Å². The van der Waals surface area contributed by atoms with Crippen molar-refractivity contribution in [2.45, 2.75) is 129 Å². The largest absolute Gasteiger partial charge is 0.458 e. The van der Waals surface area contributed by atoms with Gasteiger partial charge in [0, 0.05) is 0 Å². The van der Waals surface area contributed by atoms with Crippen molar-refractivity contribution in [2.24, 2.45) is 52.3 Å². The Hall–Kier alpha value is -1.35. The number of aliphatic hydroxyl groups is 1. The van der Waals surface area contributed by atoms with Gasteiger partial charge in [-0.25, -0.2) is 4.79 Å². The molecule has 1 N–H and O–H groups in total. The lowest BCUT2D eigenvalue weighted by atomic mass is 9.43. The predicted molar refractivity (Wildman–Crippen MR) is 157 cm³/mol. The monoisotopic (exact) mass is 534 g/mol. The van der Waals surface area contributed by atoms with E-state index in [1.807, 2.05) is 30.3 Å². The molecule has 5 saturated carbocycles. The van der Waals surface area contributed by atoms with Crippen LogP contribution in [0.2, 0.25) is 0 Å². The molecule has 0 bridgehead atoms. The number of carbonyl (C=O) groups excluding carboxylic acids is 1. The maximum Gasteiger partial charge on any atom is 0.338 e. The highest BCUT2D eigenvalue weighted by molar-refractivity contribution is 5.89.